The van der Waals surface area contributed by atoms with E-state index < -0.39 is 36.0 Å². The molecule has 3 saturated carbocycles. The van der Waals surface area contributed by atoms with E-state index in [1.54, 1.807) is 0 Å². The summed E-state index contributed by atoms with van der Waals surface area (Å²) in [5.41, 5.74) is 6.08. The number of carbonyl (C=O) groups is 3. The number of aliphatic carboxylic acids is 1. The number of hydrogen-bond acceptors (Lipinski definition) is 6. The molecule has 0 aliphatic heterocycles. The van der Waals surface area contributed by atoms with E-state index in [4.69, 9.17) is 17.0 Å². The molecule has 9 nitrogen and oxygen atoms in total. The third kappa shape index (κ3) is 4.88. The molecule has 0 radical (unpaired) electrons. The molecule has 4 rings (SSSR count). The summed E-state index contributed by atoms with van der Waals surface area (Å²) in [7, 11) is 0. The van der Waals surface area contributed by atoms with Crippen LogP contribution in [0.25, 0.3) is 0 Å². The molecular weight excluding hydrogens is 474 g/mol. The Bertz CT molecular complexity index is 1060. The van der Waals surface area contributed by atoms with E-state index in [1.807, 2.05) is 0 Å². The van der Waals surface area contributed by atoms with Crippen LogP contribution in [0.5, 0.6) is 0 Å². The van der Waals surface area contributed by atoms with Crippen LogP contribution < -0.4 is 11.1 Å². The normalized spacial score (nSPS) is 38.3. The van der Waals surface area contributed by atoms with Crippen LogP contribution in [0.3, 0.4) is 0 Å². The van der Waals surface area contributed by atoms with E-state index >= 15 is 0 Å². The number of amides is 2. The Hall–Kier alpha value is -2.86. The van der Waals surface area contributed by atoms with Gasteiger partial charge in [-0.3, -0.25) is 9.59 Å². The highest BCUT2D eigenvalue weighted by Gasteiger charge is 2.63. The van der Waals surface area contributed by atoms with Crippen molar-refractivity contribution in [1.29, 1.82) is 0 Å². The lowest BCUT2D eigenvalue weighted by atomic mass is 9.46. The van der Waals surface area contributed by atoms with Gasteiger partial charge in [0.05, 0.1) is 5.71 Å². The van der Waals surface area contributed by atoms with E-state index in [2.05, 4.69) is 36.3 Å². The first-order valence-electron chi connectivity index (χ1n) is 13.3. The maximum atomic E-state index is 12.1. The highest BCUT2D eigenvalue weighted by atomic mass is 16.6. The minimum atomic E-state index is -1.24. The molecule has 202 valence electrons. The lowest BCUT2D eigenvalue weighted by Gasteiger charge is -2.58. The summed E-state index contributed by atoms with van der Waals surface area (Å²) < 4.78 is 0. The monoisotopic (exact) mass is 513 g/mol. The van der Waals surface area contributed by atoms with Gasteiger partial charge in [-0.05, 0) is 87.0 Å². The molecule has 9 heteroatoms. The van der Waals surface area contributed by atoms with Gasteiger partial charge in [0, 0.05) is 11.8 Å². The van der Waals surface area contributed by atoms with Crippen LogP contribution in [0.15, 0.2) is 16.8 Å². The van der Waals surface area contributed by atoms with Gasteiger partial charge >= 0.3 is 5.97 Å². The van der Waals surface area contributed by atoms with E-state index in [0.29, 0.717) is 24.2 Å². The number of carbonyl (C=O) groups excluding carboxylic acids is 2. The first-order chi connectivity index (χ1) is 17.4. The van der Waals surface area contributed by atoms with Crippen LogP contribution >= 0.6 is 0 Å². The Morgan fingerprint density at radius 2 is 1.95 bits per heavy atom. The number of carboxylic acids is 1. The number of oxime groups is 1. The molecule has 0 spiro atoms. The highest BCUT2D eigenvalue weighted by Crippen LogP contribution is 2.67. The van der Waals surface area contributed by atoms with Gasteiger partial charge in [0.15, 0.2) is 6.61 Å². The minimum Gasteiger partial charge on any atom is -0.480 e. The molecule has 4 aliphatic carbocycles. The first kappa shape index (κ1) is 27.2. The van der Waals surface area contributed by atoms with Crippen LogP contribution in [0.1, 0.15) is 78.1 Å². The van der Waals surface area contributed by atoms with Crippen molar-refractivity contribution in [3.05, 3.63) is 11.6 Å². The SMILES string of the molecule is C#C[C@@]1(O)CC[C@@H]2[C@@H]3CCC4=C/C(=N\OCC(=O)N[C@@H](CCC(N)=O)C(=O)O)CC[C@]4(C)[C@H]3CC[C@@]21C. The first-order valence-corrected chi connectivity index (χ1v) is 13.3. The molecule has 0 aromatic carbocycles. The molecular formula is C28H39N3O6. The fraction of sp³-hybridized carbons (Fsp3) is 0.714. The minimum absolute atomic E-state index is 0.0760. The summed E-state index contributed by atoms with van der Waals surface area (Å²) in [5, 5.41) is 26.9. The van der Waals surface area contributed by atoms with Crippen molar-refractivity contribution in [2.45, 2.75) is 89.7 Å². The summed E-state index contributed by atoms with van der Waals surface area (Å²) in [6.07, 6.45) is 15.1. The quantitative estimate of drug-likeness (QED) is 0.289. The largest absolute Gasteiger partial charge is 0.480 e. The van der Waals surface area contributed by atoms with Gasteiger partial charge in [0.2, 0.25) is 5.91 Å². The molecule has 3 fully saturated rings. The molecule has 7 atom stereocenters. The van der Waals surface area contributed by atoms with Crippen molar-refractivity contribution in [2.24, 2.45) is 39.5 Å². The number of carboxylic acid groups (broad SMARTS) is 1. The molecule has 0 bridgehead atoms. The smallest absolute Gasteiger partial charge is 0.326 e. The van der Waals surface area contributed by atoms with Crippen LogP contribution in [-0.2, 0) is 19.2 Å². The number of hydrogen-bond donors (Lipinski definition) is 4. The summed E-state index contributed by atoms with van der Waals surface area (Å²) in [6, 6.07) is -1.21. The third-order valence-corrected chi connectivity index (χ3v) is 10.1. The Balaban J connectivity index is 1.37. The maximum Gasteiger partial charge on any atom is 0.326 e. The Kier molecular flexibility index (Phi) is 7.44. The topological polar surface area (TPSA) is 151 Å². The van der Waals surface area contributed by atoms with Crippen molar-refractivity contribution in [3.63, 3.8) is 0 Å². The van der Waals surface area contributed by atoms with Crippen molar-refractivity contribution < 1.29 is 29.4 Å². The zero-order valence-electron chi connectivity index (χ0n) is 21.8. The number of primary amides is 1. The van der Waals surface area contributed by atoms with Gasteiger partial charge in [-0.25, -0.2) is 4.79 Å². The van der Waals surface area contributed by atoms with Crippen LogP contribution in [-0.4, -0.2) is 52.0 Å². The summed E-state index contributed by atoms with van der Waals surface area (Å²) in [4.78, 5) is 39.6. The fourth-order valence-corrected chi connectivity index (χ4v) is 7.85. The van der Waals surface area contributed by atoms with Crippen LogP contribution in [0.4, 0.5) is 0 Å². The summed E-state index contributed by atoms with van der Waals surface area (Å²) >= 11 is 0. The van der Waals surface area contributed by atoms with Crippen molar-refractivity contribution in [2.75, 3.05) is 6.61 Å². The van der Waals surface area contributed by atoms with E-state index in [0.717, 1.165) is 50.7 Å². The second-order valence-electron chi connectivity index (χ2n) is 11.8. The molecule has 0 aromatic heterocycles. The molecule has 0 aromatic rings. The average molecular weight is 514 g/mol. The zero-order chi connectivity index (χ0) is 27.0. The molecule has 4 aliphatic rings. The lowest BCUT2D eigenvalue weighted by molar-refractivity contribution is -0.142. The van der Waals surface area contributed by atoms with E-state index in [9.17, 15) is 24.6 Å². The second kappa shape index (κ2) is 10.1. The number of nitrogens with two attached hydrogens (primary N) is 1. The average Bonchev–Trinajstić information content (AvgIpc) is 3.12. The van der Waals surface area contributed by atoms with Gasteiger partial charge < -0.3 is 26.1 Å². The molecule has 0 unspecified atom stereocenters. The van der Waals surface area contributed by atoms with Gasteiger partial charge in [-0.15, -0.1) is 6.42 Å². The number of aliphatic hydroxyl groups is 1. The number of nitrogens with zero attached hydrogens (tertiary/aromatic N) is 1. The molecule has 37 heavy (non-hydrogen) atoms. The molecule has 0 heterocycles. The number of nitrogens with one attached hydrogen (secondary N) is 1. The van der Waals surface area contributed by atoms with Crippen molar-refractivity contribution in [3.8, 4) is 12.3 Å². The van der Waals surface area contributed by atoms with Crippen LogP contribution in [0.2, 0.25) is 0 Å². The molecule has 5 N–H and O–H groups in total. The van der Waals surface area contributed by atoms with Crippen molar-refractivity contribution >= 4 is 23.5 Å². The van der Waals surface area contributed by atoms with Crippen molar-refractivity contribution in [1.82, 2.24) is 5.32 Å². The van der Waals surface area contributed by atoms with Crippen LogP contribution in [0, 0.1) is 40.9 Å². The van der Waals surface area contributed by atoms with Gasteiger partial charge in [0.1, 0.15) is 11.6 Å². The number of rotatable bonds is 8. The van der Waals surface area contributed by atoms with E-state index in [-0.39, 0.29) is 23.7 Å². The third-order valence-electron chi connectivity index (χ3n) is 10.1. The number of fused-ring (bicyclic) bond motifs is 5. The van der Waals surface area contributed by atoms with Gasteiger partial charge in [0.25, 0.3) is 5.91 Å². The lowest BCUT2D eigenvalue weighted by Crippen LogP contribution is -2.54. The number of terminal acetylenes is 1. The predicted molar refractivity (Wildman–Crippen MR) is 137 cm³/mol. The Morgan fingerprint density at radius 1 is 1.22 bits per heavy atom. The highest BCUT2D eigenvalue weighted by molar-refractivity contribution is 5.96. The Labute approximate surface area is 218 Å². The summed E-state index contributed by atoms with van der Waals surface area (Å²) in [6.45, 7) is 4.15. The second-order valence-corrected chi connectivity index (χ2v) is 11.8. The van der Waals surface area contributed by atoms with E-state index in [1.165, 1.54) is 5.57 Å². The van der Waals surface area contributed by atoms with Gasteiger partial charge in [-0.1, -0.05) is 30.5 Å². The maximum absolute atomic E-state index is 12.1. The molecule has 2 amide bonds. The predicted octanol–water partition coefficient (Wildman–Crippen LogP) is 2.52. The van der Waals surface area contributed by atoms with Gasteiger partial charge in [-0.2, -0.15) is 0 Å². The molecule has 0 saturated heterocycles. The zero-order valence-corrected chi connectivity index (χ0v) is 21.8. The fourth-order valence-electron chi connectivity index (χ4n) is 7.85. The standard InChI is InChI=1S/C28H39N3O6/c1-4-28(36)14-11-21-19-6-5-17-15-18(9-12-26(17,2)20(19)10-13-27(21,28)3)31-37-16-24(33)30-22(25(34)35)7-8-23(29)32/h1,15,19-22,36H,5-14,16H2,2-3H3,(H2,29,32)(H,30,33)(H,34,35)/b31-18-/t19-,20+,21-,22+,26+,27+,28-/m1/s1. The summed E-state index contributed by atoms with van der Waals surface area (Å²) in [5.74, 6) is 1.80. The number of allylic oxidation sites excluding steroid dienone is 2. The Morgan fingerprint density at radius 3 is 2.62 bits per heavy atom.